The Morgan fingerprint density at radius 3 is 2.46 bits per heavy atom. The molecular formula is C11H19NO. The predicted octanol–water partition coefficient (Wildman–Crippen LogP) is 2.24. The van der Waals surface area contributed by atoms with Gasteiger partial charge in [0.05, 0.1) is 0 Å². The quantitative estimate of drug-likeness (QED) is 0.660. The Hall–Kier alpha value is -0.530. The summed E-state index contributed by atoms with van der Waals surface area (Å²) in [4.78, 5) is 11.2. The van der Waals surface area contributed by atoms with Crippen LogP contribution in [0.15, 0.2) is 0 Å². The summed E-state index contributed by atoms with van der Waals surface area (Å²) in [6.45, 7) is 0. The van der Waals surface area contributed by atoms with E-state index in [0.29, 0.717) is 6.04 Å². The summed E-state index contributed by atoms with van der Waals surface area (Å²) in [6.07, 6.45) is 9.90. The summed E-state index contributed by atoms with van der Waals surface area (Å²) in [5.41, 5.74) is 0. The number of carbonyl (C=O) groups excluding carboxylic acids is 1. The lowest BCUT2D eigenvalue weighted by atomic mass is 9.81. The normalized spacial score (nSPS) is 31.4. The molecule has 1 saturated carbocycles. The number of nitrogens with one attached hydrogen (secondary N) is 1. The predicted molar refractivity (Wildman–Crippen MR) is 52.4 cm³/mol. The zero-order chi connectivity index (χ0) is 9.10. The van der Waals surface area contributed by atoms with Gasteiger partial charge >= 0.3 is 0 Å². The van der Waals surface area contributed by atoms with E-state index >= 15 is 0 Å². The van der Waals surface area contributed by atoms with Gasteiger partial charge in [0, 0.05) is 12.5 Å². The summed E-state index contributed by atoms with van der Waals surface area (Å²) < 4.78 is 0. The third-order valence-electron chi connectivity index (χ3n) is 3.48. The molecule has 1 aliphatic heterocycles. The topological polar surface area (TPSA) is 29.1 Å². The molecule has 1 unspecified atom stereocenters. The van der Waals surface area contributed by atoms with E-state index in [1.54, 1.807) is 0 Å². The van der Waals surface area contributed by atoms with Gasteiger partial charge in [0.2, 0.25) is 5.91 Å². The van der Waals surface area contributed by atoms with Crippen LogP contribution in [-0.2, 0) is 4.79 Å². The van der Waals surface area contributed by atoms with E-state index in [4.69, 9.17) is 0 Å². The lowest BCUT2D eigenvalue weighted by Gasteiger charge is -2.33. The van der Waals surface area contributed by atoms with Crippen molar-refractivity contribution in [2.24, 2.45) is 5.92 Å². The molecule has 1 saturated heterocycles. The Labute approximate surface area is 80.1 Å². The summed E-state index contributed by atoms with van der Waals surface area (Å²) in [6, 6.07) is 0.515. The van der Waals surface area contributed by atoms with Crippen LogP contribution in [0.2, 0.25) is 0 Å². The molecule has 2 fully saturated rings. The van der Waals surface area contributed by atoms with Crippen molar-refractivity contribution >= 4 is 5.91 Å². The third-order valence-corrected chi connectivity index (χ3v) is 3.48. The average molecular weight is 181 g/mol. The Kier molecular flexibility index (Phi) is 2.87. The van der Waals surface area contributed by atoms with Gasteiger partial charge < -0.3 is 5.32 Å². The number of rotatable bonds is 1. The van der Waals surface area contributed by atoms with Crippen molar-refractivity contribution in [1.29, 1.82) is 0 Å². The molecule has 1 amide bonds. The van der Waals surface area contributed by atoms with Crippen LogP contribution in [0.5, 0.6) is 0 Å². The van der Waals surface area contributed by atoms with E-state index in [0.717, 1.165) is 18.8 Å². The smallest absolute Gasteiger partial charge is 0.220 e. The summed E-state index contributed by atoms with van der Waals surface area (Å²) in [7, 11) is 0. The van der Waals surface area contributed by atoms with Crippen LogP contribution in [0.3, 0.4) is 0 Å². The summed E-state index contributed by atoms with van der Waals surface area (Å²) in [5.74, 6) is 1.07. The molecule has 1 N–H and O–H groups in total. The zero-order valence-electron chi connectivity index (χ0n) is 8.22. The molecule has 13 heavy (non-hydrogen) atoms. The first-order valence-electron chi connectivity index (χ1n) is 5.65. The molecule has 1 aliphatic carbocycles. The Morgan fingerprint density at radius 1 is 1.00 bits per heavy atom. The van der Waals surface area contributed by atoms with Crippen LogP contribution in [0.1, 0.15) is 51.4 Å². The fourth-order valence-electron chi connectivity index (χ4n) is 2.72. The monoisotopic (exact) mass is 181 g/mol. The first kappa shape index (κ1) is 9.04. The minimum Gasteiger partial charge on any atom is -0.353 e. The number of hydrogen-bond donors (Lipinski definition) is 1. The van der Waals surface area contributed by atoms with Gasteiger partial charge in [-0.1, -0.05) is 19.3 Å². The molecule has 0 radical (unpaired) electrons. The highest BCUT2D eigenvalue weighted by Gasteiger charge is 2.27. The number of piperidine rings is 1. The Morgan fingerprint density at radius 2 is 1.77 bits per heavy atom. The maximum absolute atomic E-state index is 11.2. The maximum atomic E-state index is 11.2. The highest BCUT2D eigenvalue weighted by atomic mass is 16.1. The second-order valence-electron chi connectivity index (χ2n) is 4.46. The van der Waals surface area contributed by atoms with Gasteiger partial charge in [-0.2, -0.15) is 0 Å². The minimum atomic E-state index is 0.279. The molecule has 74 valence electrons. The van der Waals surface area contributed by atoms with Gasteiger partial charge in [0.1, 0.15) is 0 Å². The molecule has 0 spiro atoms. The molecule has 1 heterocycles. The summed E-state index contributed by atoms with van der Waals surface area (Å²) >= 11 is 0. The zero-order valence-corrected chi connectivity index (χ0v) is 8.22. The van der Waals surface area contributed by atoms with Gasteiger partial charge in [-0.15, -0.1) is 0 Å². The molecule has 0 aromatic heterocycles. The molecule has 2 rings (SSSR count). The lowest BCUT2D eigenvalue weighted by molar-refractivity contribution is -0.123. The van der Waals surface area contributed by atoms with Crippen molar-refractivity contribution in [2.75, 3.05) is 0 Å². The molecule has 2 heteroatoms. The largest absolute Gasteiger partial charge is 0.353 e. The number of carbonyl (C=O) groups is 1. The lowest BCUT2D eigenvalue weighted by Crippen LogP contribution is -2.44. The van der Waals surface area contributed by atoms with Gasteiger partial charge in [-0.25, -0.2) is 0 Å². The van der Waals surface area contributed by atoms with Crippen LogP contribution >= 0.6 is 0 Å². The highest BCUT2D eigenvalue weighted by Crippen LogP contribution is 2.29. The Balaban J connectivity index is 1.87. The first-order valence-corrected chi connectivity index (χ1v) is 5.65. The van der Waals surface area contributed by atoms with E-state index in [1.807, 2.05) is 0 Å². The molecule has 0 aromatic rings. The molecule has 1 atom stereocenters. The van der Waals surface area contributed by atoms with Crippen molar-refractivity contribution in [3.8, 4) is 0 Å². The molecule has 0 aromatic carbocycles. The SMILES string of the molecule is O=C1CCCC(C2CCCCC2)N1. The number of hydrogen-bond acceptors (Lipinski definition) is 1. The van der Waals surface area contributed by atoms with Crippen LogP contribution in [-0.4, -0.2) is 11.9 Å². The van der Waals surface area contributed by atoms with Gasteiger partial charge in [-0.3, -0.25) is 4.79 Å². The van der Waals surface area contributed by atoms with Crippen LogP contribution in [0, 0.1) is 5.92 Å². The van der Waals surface area contributed by atoms with Crippen molar-refractivity contribution in [1.82, 2.24) is 5.32 Å². The molecule has 2 aliphatic rings. The maximum Gasteiger partial charge on any atom is 0.220 e. The van der Waals surface area contributed by atoms with E-state index in [1.165, 1.54) is 38.5 Å². The average Bonchev–Trinajstić information content (AvgIpc) is 2.19. The highest BCUT2D eigenvalue weighted by molar-refractivity contribution is 5.76. The van der Waals surface area contributed by atoms with Gasteiger partial charge in [-0.05, 0) is 31.6 Å². The van der Waals surface area contributed by atoms with Gasteiger partial charge in [0.25, 0.3) is 0 Å². The third kappa shape index (κ3) is 2.23. The standard InChI is InChI=1S/C11H19NO/c13-11-8-4-7-10(12-11)9-5-2-1-3-6-9/h9-10H,1-8H2,(H,12,13). The fraction of sp³-hybridized carbons (Fsp3) is 0.909. The van der Waals surface area contributed by atoms with E-state index < -0.39 is 0 Å². The van der Waals surface area contributed by atoms with Crippen molar-refractivity contribution in [3.63, 3.8) is 0 Å². The van der Waals surface area contributed by atoms with E-state index in [9.17, 15) is 4.79 Å². The summed E-state index contributed by atoms with van der Waals surface area (Å²) in [5, 5.41) is 3.15. The second-order valence-corrected chi connectivity index (χ2v) is 4.46. The molecule has 0 bridgehead atoms. The van der Waals surface area contributed by atoms with Crippen molar-refractivity contribution < 1.29 is 4.79 Å². The minimum absolute atomic E-state index is 0.279. The van der Waals surface area contributed by atoms with Crippen molar-refractivity contribution in [3.05, 3.63) is 0 Å². The molecule has 2 nitrogen and oxygen atoms in total. The van der Waals surface area contributed by atoms with Crippen molar-refractivity contribution in [2.45, 2.75) is 57.4 Å². The first-order chi connectivity index (χ1) is 6.36. The van der Waals surface area contributed by atoms with Gasteiger partial charge in [0.15, 0.2) is 0 Å². The van der Waals surface area contributed by atoms with Crippen LogP contribution in [0.25, 0.3) is 0 Å². The van der Waals surface area contributed by atoms with E-state index in [2.05, 4.69) is 5.32 Å². The number of amides is 1. The molecular weight excluding hydrogens is 162 g/mol. The van der Waals surface area contributed by atoms with Crippen LogP contribution in [0.4, 0.5) is 0 Å². The Bertz CT molecular complexity index is 185. The van der Waals surface area contributed by atoms with E-state index in [-0.39, 0.29) is 5.91 Å². The fourth-order valence-corrected chi connectivity index (χ4v) is 2.72. The second kappa shape index (κ2) is 4.12. The van der Waals surface area contributed by atoms with Crippen LogP contribution < -0.4 is 5.32 Å².